The van der Waals surface area contributed by atoms with Crippen LogP contribution in [0.2, 0.25) is 0 Å². The first-order valence-corrected chi connectivity index (χ1v) is 12.0. The van der Waals surface area contributed by atoms with Crippen LogP contribution in [-0.4, -0.2) is 54.3 Å². The number of hydrogen-bond acceptors (Lipinski definition) is 5. The maximum Gasteiger partial charge on any atom is 0.325 e. The molecule has 33 heavy (non-hydrogen) atoms. The molecular weight excluding hydrogens is 422 g/mol. The van der Waals surface area contributed by atoms with Gasteiger partial charge in [0.2, 0.25) is 5.91 Å². The zero-order chi connectivity index (χ0) is 23.6. The van der Waals surface area contributed by atoms with Gasteiger partial charge in [0.15, 0.2) is 0 Å². The van der Waals surface area contributed by atoms with Gasteiger partial charge in [0.1, 0.15) is 25.5 Å². The number of likely N-dealkylation sites (tertiary alicyclic amines) is 1. The Morgan fingerprint density at radius 3 is 2.55 bits per heavy atom. The van der Waals surface area contributed by atoms with E-state index in [-0.39, 0.29) is 25.0 Å². The molecule has 3 amide bonds. The predicted octanol–water partition coefficient (Wildman–Crippen LogP) is 2.80. The molecule has 1 aromatic carbocycles. The van der Waals surface area contributed by atoms with Crippen molar-refractivity contribution in [2.75, 3.05) is 13.1 Å². The Morgan fingerprint density at radius 1 is 1.15 bits per heavy atom. The van der Waals surface area contributed by atoms with Crippen molar-refractivity contribution in [3.05, 3.63) is 35.9 Å². The normalized spacial score (nSPS) is 21.8. The lowest BCUT2D eigenvalue weighted by Gasteiger charge is -2.34. The molecule has 1 aliphatic carbocycles. The van der Waals surface area contributed by atoms with E-state index >= 15 is 0 Å². The van der Waals surface area contributed by atoms with Crippen LogP contribution >= 0.6 is 0 Å². The SMILES string of the molecule is CCC1CC(C=O)N(C(=O)C(NC(=O)NCC(=O)OCc2ccccc2)C2CCCCC2)C1. The number of carbonyl (C=O) groups is 4. The summed E-state index contributed by atoms with van der Waals surface area (Å²) < 4.78 is 5.19. The number of nitrogens with one attached hydrogen (secondary N) is 2. The smallest absolute Gasteiger partial charge is 0.325 e. The quantitative estimate of drug-likeness (QED) is 0.438. The van der Waals surface area contributed by atoms with Crippen LogP contribution in [0.25, 0.3) is 0 Å². The number of urea groups is 1. The second-order valence-electron chi connectivity index (χ2n) is 9.05. The minimum absolute atomic E-state index is 0.0232. The molecule has 3 rings (SSSR count). The van der Waals surface area contributed by atoms with Gasteiger partial charge in [0.25, 0.3) is 0 Å². The number of aldehydes is 1. The molecule has 3 unspecified atom stereocenters. The highest BCUT2D eigenvalue weighted by Gasteiger charge is 2.40. The molecule has 0 radical (unpaired) electrons. The van der Waals surface area contributed by atoms with Gasteiger partial charge < -0.3 is 25.1 Å². The van der Waals surface area contributed by atoms with E-state index in [4.69, 9.17) is 4.74 Å². The fourth-order valence-electron chi connectivity index (χ4n) is 4.80. The van der Waals surface area contributed by atoms with Crippen molar-refractivity contribution >= 4 is 24.2 Å². The van der Waals surface area contributed by atoms with Crippen LogP contribution in [0.3, 0.4) is 0 Å². The van der Waals surface area contributed by atoms with E-state index in [9.17, 15) is 19.2 Å². The lowest BCUT2D eigenvalue weighted by atomic mass is 9.83. The van der Waals surface area contributed by atoms with Gasteiger partial charge in [0, 0.05) is 6.54 Å². The van der Waals surface area contributed by atoms with E-state index < -0.39 is 24.1 Å². The van der Waals surface area contributed by atoms with Crippen molar-refractivity contribution in [3.63, 3.8) is 0 Å². The first kappa shape index (κ1) is 24.7. The Labute approximate surface area is 195 Å². The second kappa shape index (κ2) is 12.4. The van der Waals surface area contributed by atoms with Crippen molar-refractivity contribution in [1.82, 2.24) is 15.5 Å². The molecule has 1 aromatic rings. The summed E-state index contributed by atoms with van der Waals surface area (Å²) in [5.74, 6) is -0.433. The summed E-state index contributed by atoms with van der Waals surface area (Å²) in [6, 6.07) is 7.57. The largest absolute Gasteiger partial charge is 0.460 e. The van der Waals surface area contributed by atoms with Gasteiger partial charge in [-0.05, 0) is 36.7 Å². The maximum absolute atomic E-state index is 13.4. The van der Waals surface area contributed by atoms with Crippen LogP contribution in [-0.2, 0) is 25.7 Å². The summed E-state index contributed by atoms with van der Waals surface area (Å²) in [6.45, 7) is 2.44. The summed E-state index contributed by atoms with van der Waals surface area (Å²) in [4.78, 5) is 51.3. The Balaban J connectivity index is 1.56. The molecule has 8 nitrogen and oxygen atoms in total. The average molecular weight is 458 g/mol. The minimum atomic E-state index is -0.705. The standard InChI is InChI=1S/C25H35N3O5/c1-2-18-13-21(16-29)28(15-18)24(31)23(20-11-7-4-8-12-20)27-25(32)26-14-22(30)33-17-19-9-5-3-6-10-19/h3,5-6,9-10,16,18,20-21,23H,2,4,7-8,11-15,17H2,1H3,(H2,26,27,32). The van der Waals surface area contributed by atoms with Crippen LogP contribution in [0, 0.1) is 11.8 Å². The third kappa shape index (κ3) is 7.04. The number of carbonyl (C=O) groups excluding carboxylic acids is 4. The summed E-state index contributed by atoms with van der Waals surface area (Å²) in [7, 11) is 0. The van der Waals surface area contributed by atoms with Crippen LogP contribution < -0.4 is 10.6 Å². The van der Waals surface area contributed by atoms with E-state index in [1.54, 1.807) is 4.90 Å². The number of ether oxygens (including phenoxy) is 1. The number of esters is 1. The molecule has 2 aliphatic rings. The molecule has 0 aromatic heterocycles. The Bertz CT molecular complexity index is 810. The molecule has 3 atom stereocenters. The first-order valence-electron chi connectivity index (χ1n) is 12.0. The van der Waals surface area contributed by atoms with Gasteiger partial charge in [-0.2, -0.15) is 0 Å². The van der Waals surface area contributed by atoms with E-state index in [0.29, 0.717) is 18.9 Å². The molecule has 2 fully saturated rings. The molecule has 2 N–H and O–H groups in total. The van der Waals surface area contributed by atoms with E-state index in [2.05, 4.69) is 17.6 Å². The average Bonchev–Trinajstić information content (AvgIpc) is 3.29. The summed E-state index contributed by atoms with van der Waals surface area (Å²) in [5, 5.41) is 5.32. The van der Waals surface area contributed by atoms with Gasteiger partial charge in [-0.25, -0.2) is 4.79 Å². The molecule has 0 spiro atoms. The van der Waals surface area contributed by atoms with E-state index in [1.165, 1.54) is 0 Å². The van der Waals surface area contributed by atoms with Gasteiger partial charge >= 0.3 is 12.0 Å². The lowest BCUT2D eigenvalue weighted by Crippen LogP contribution is -2.56. The van der Waals surface area contributed by atoms with Gasteiger partial charge in [-0.15, -0.1) is 0 Å². The van der Waals surface area contributed by atoms with E-state index in [1.807, 2.05) is 30.3 Å². The molecule has 1 heterocycles. The Kier molecular flexibility index (Phi) is 9.27. The van der Waals surface area contributed by atoms with Crippen molar-refractivity contribution in [2.45, 2.75) is 70.6 Å². The summed E-state index contributed by atoms with van der Waals surface area (Å²) in [5.41, 5.74) is 0.860. The summed E-state index contributed by atoms with van der Waals surface area (Å²) in [6.07, 6.45) is 7.27. The second-order valence-corrected chi connectivity index (χ2v) is 9.05. The number of hydrogen-bond donors (Lipinski definition) is 2. The predicted molar refractivity (Wildman–Crippen MR) is 123 cm³/mol. The Hall–Kier alpha value is -2.90. The van der Waals surface area contributed by atoms with Crippen molar-refractivity contribution in [3.8, 4) is 0 Å². The van der Waals surface area contributed by atoms with E-state index in [0.717, 1.165) is 50.4 Å². The van der Waals surface area contributed by atoms with Gasteiger partial charge in [-0.3, -0.25) is 9.59 Å². The molecule has 0 bridgehead atoms. The molecule has 1 saturated heterocycles. The topological polar surface area (TPSA) is 105 Å². The van der Waals surface area contributed by atoms with Gasteiger partial charge in [0.05, 0.1) is 6.04 Å². The maximum atomic E-state index is 13.4. The highest BCUT2D eigenvalue weighted by molar-refractivity contribution is 5.90. The van der Waals surface area contributed by atoms with Crippen LogP contribution in [0.15, 0.2) is 30.3 Å². The number of amides is 3. The van der Waals surface area contributed by atoms with Gasteiger partial charge in [-0.1, -0.05) is 62.9 Å². The summed E-state index contributed by atoms with van der Waals surface area (Å²) >= 11 is 0. The lowest BCUT2D eigenvalue weighted by molar-refractivity contribution is -0.143. The number of nitrogens with zero attached hydrogens (tertiary/aromatic N) is 1. The van der Waals surface area contributed by atoms with Crippen LogP contribution in [0.4, 0.5) is 4.79 Å². The number of benzene rings is 1. The Morgan fingerprint density at radius 2 is 1.88 bits per heavy atom. The third-order valence-electron chi connectivity index (χ3n) is 6.76. The fraction of sp³-hybridized carbons (Fsp3) is 0.600. The third-order valence-corrected chi connectivity index (χ3v) is 6.76. The minimum Gasteiger partial charge on any atom is -0.460 e. The zero-order valence-corrected chi connectivity index (χ0v) is 19.3. The van der Waals surface area contributed by atoms with Crippen LogP contribution in [0.5, 0.6) is 0 Å². The fourth-order valence-corrected chi connectivity index (χ4v) is 4.80. The zero-order valence-electron chi connectivity index (χ0n) is 19.3. The van der Waals surface area contributed by atoms with Crippen LogP contribution in [0.1, 0.15) is 57.4 Å². The van der Waals surface area contributed by atoms with Crippen molar-refractivity contribution in [1.29, 1.82) is 0 Å². The van der Waals surface area contributed by atoms with Crippen molar-refractivity contribution in [2.24, 2.45) is 11.8 Å². The molecule has 180 valence electrons. The van der Waals surface area contributed by atoms with Crippen molar-refractivity contribution < 1.29 is 23.9 Å². The highest BCUT2D eigenvalue weighted by Crippen LogP contribution is 2.30. The number of rotatable bonds is 9. The molecule has 1 aliphatic heterocycles. The monoisotopic (exact) mass is 457 g/mol. The molecule has 1 saturated carbocycles. The molecule has 8 heteroatoms. The highest BCUT2D eigenvalue weighted by atomic mass is 16.5. The molecular formula is C25H35N3O5. The first-order chi connectivity index (χ1) is 16.0.